The van der Waals surface area contributed by atoms with Crippen molar-refractivity contribution in [2.45, 2.75) is 44.3 Å². The Balaban J connectivity index is 2.29. The van der Waals surface area contributed by atoms with Crippen LogP contribution in [0.2, 0.25) is 0 Å². The van der Waals surface area contributed by atoms with Crippen molar-refractivity contribution in [1.82, 2.24) is 0 Å². The van der Waals surface area contributed by atoms with Gasteiger partial charge in [0.25, 0.3) is 10.1 Å². The van der Waals surface area contributed by atoms with Crippen LogP contribution in [0.15, 0.2) is 18.2 Å². The Morgan fingerprint density at radius 1 is 1.42 bits per heavy atom. The summed E-state index contributed by atoms with van der Waals surface area (Å²) >= 11 is 0. The van der Waals surface area contributed by atoms with Gasteiger partial charge < -0.3 is 4.74 Å². The first-order valence-corrected chi connectivity index (χ1v) is 7.97. The maximum absolute atomic E-state index is 11.3. The molecule has 19 heavy (non-hydrogen) atoms. The van der Waals surface area contributed by atoms with Gasteiger partial charge in [-0.05, 0) is 24.5 Å². The summed E-state index contributed by atoms with van der Waals surface area (Å²) in [5.41, 5.74) is 1.97. The fourth-order valence-corrected chi connectivity index (χ4v) is 3.24. The lowest BCUT2D eigenvalue weighted by Gasteiger charge is -2.17. The molecule has 2 rings (SSSR count). The van der Waals surface area contributed by atoms with Gasteiger partial charge in [-0.3, -0.25) is 4.55 Å². The van der Waals surface area contributed by atoms with E-state index in [1.54, 1.807) is 6.92 Å². The minimum absolute atomic E-state index is 0.0505. The third kappa shape index (κ3) is 2.92. The van der Waals surface area contributed by atoms with Crippen molar-refractivity contribution in [2.75, 3.05) is 6.61 Å². The highest BCUT2D eigenvalue weighted by molar-refractivity contribution is 7.86. The molecule has 1 unspecified atom stereocenters. The van der Waals surface area contributed by atoms with Crippen molar-refractivity contribution < 1.29 is 17.7 Å². The van der Waals surface area contributed by atoms with E-state index in [0.717, 1.165) is 16.9 Å². The first-order valence-electron chi connectivity index (χ1n) is 6.46. The van der Waals surface area contributed by atoms with E-state index in [9.17, 15) is 13.0 Å². The van der Waals surface area contributed by atoms with Crippen molar-refractivity contribution in [3.8, 4) is 5.75 Å². The Kier molecular flexibility index (Phi) is 3.62. The molecule has 106 valence electrons. The Morgan fingerprint density at radius 3 is 2.68 bits per heavy atom. The Bertz CT molecular complexity index is 575. The minimum Gasteiger partial charge on any atom is -0.492 e. The highest BCUT2D eigenvalue weighted by Crippen LogP contribution is 2.39. The molecule has 1 aliphatic rings. The number of hydrogen-bond acceptors (Lipinski definition) is 3. The summed E-state index contributed by atoms with van der Waals surface area (Å²) in [6.45, 7) is 6.60. The van der Waals surface area contributed by atoms with Gasteiger partial charge >= 0.3 is 0 Å². The molecule has 5 heteroatoms. The molecule has 1 aromatic carbocycles. The van der Waals surface area contributed by atoms with E-state index in [1.165, 1.54) is 0 Å². The lowest BCUT2D eigenvalue weighted by Crippen LogP contribution is -2.22. The van der Waals surface area contributed by atoms with Crippen molar-refractivity contribution in [3.63, 3.8) is 0 Å². The zero-order valence-corrected chi connectivity index (χ0v) is 12.3. The van der Waals surface area contributed by atoms with E-state index >= 15 is 0 Å². The first kappa shape index (κ1) is 14.3. The van der Waals surface area contributed by atoms with Crippen LogP contribution >= 0.6 is 0 Å². The molecule has 1 heterocycles. The largest absolute Gasteiger partial charge is 0.492 e. The number of fused-ring (bicyclic) bond motifs is 1. The van der Waals surface area contributed by atoms with Gasteiger partial charge in [0, 0.05) is 11.0 Å². The van der Waals surface area contributed by atoms with Crippen LogP contribution in [-0.4, -0.2) is 24.8 Å². The van der Waals surface area contributed by atoms with Crippen LogP contribution in [0.1, 0.15) is 38.3 Å². The lowest BCUT2D eigenvalue weighted by molar-refractivity contribution is 0.291. The van der Waals surface area contributed by atoms with Crippen LogP contribution in [0, 0.1) is 0 Å². The fourth-order valence-electron chi connectivity index (χ4n) is 2.42. The van der Waals surface area contributed by atoms with Gasteiger partial charge in [0.15, 0.2) is 0 Å². The third-order valence-electron chi connectivity index (χ3n) is 3.70. The molecule has 0 aliphatic carbocycles. The van der Waals surface area contributed by atoms with Crippen molar-refractivity contribution >= 4 is 10.1 Å². The number of ether oxygens (including phenoxy) is 1. The molecule has 0 amide bonds. The van der Waals surface area contributed by atoms with Gasteiger partial charge in [-0.15, -0.1) is 0 Å². The van der Waals surface area contributed by atoms with Gasteiger partial charge in [0.1, 0.15) is 5.75 Å². The van der Waals surface area contributed by atoms with E-state index in [1.807, 2.05) is 18.2 Å². The van der Waals surface area contributed by atoms with Gasteiger partial charge in [-0.1, -0.05) is 32.9 Å². The summed E-state index contributed by atoms with van der Waals surface area (Å²) in [5, 5.41) is -0.740. The van der Waals surface area contributed by atoms with E-state index in [2.05, 4.69) is 13.8 Å². The summed E-state index contributed by atoms with van der Waals surface area (Å²) in [7, 11) is -3.99. The smallest absolute Gasteiger partial charge is 0.268 e. The van der Waals surface area contributed by atoms with Crippen LogP contribution in [0.4, 0.5) is 0 Å². The highest BCUT2D eigenvalue weighted by atomic mass is 32.2. The van der Waals surface area contributed by atoms with Gasteiger partial charge in [-0.25, -0.2) is 0 Å². The lowest BCUT2D eigenvalue weighted by atomic mass is 9.86. The molecule has 0 fully saturated rings. The van der Waals surface area contributed by atoms with Gasteiger partial charge in [0.05, 0.1) is 11.9 Å². The van der Waals surface area contributed by atoms with Crippen molar-refractivity contribution in [1.29, 1.82) is 0 Å². The average molecular weight is 284 g/mol. The molecule has 0 spiro atoms. The molecular formula is C14H20O4S. The third-order valence-corrected chi connectivity index (χ3v) is 5.04. The fraction of sp³-hybridized carbons (Fsp3) is 0.571. The zero-order valence-electron chi connectivity index (χ0n) is 11.5. The van der Waals surface area contributed by atoms with Gasteiger partial charge in [0.2, 0.25) is 0 Å². The molecule has 1 N–H and O–H groups in total. The number of benzene rings is 1. The molecule has 0 saturated carbocycles. The Hall–Kier alpha value is -1.07. The number of hydrogen-bond donors (Lipinski definition) is 1. The molecule has 1 aliphatic heterocycles. The van der Waals surface area contributed by atoms with E-state index in [0.29, 0.717) is 19.4 Å². The second kappa shape index (κ2) is 4.80. The van der Waals surface area contributed by atoms with Crippen LogP contribution in [-0.2, 0) is 22.0 Å². The summed E-state index contributed by atoms with van der Waals surface area (Å²) in [5.74, 6) is 0.869. The molecule has 1 atom stereocenters. The molecule has 4 nitrogen and oxygen atoms in total. The van der Waals surface area contributed by atoms with E-state index in [4.69, 9.17) is 4.74 Å². The Labute approximate surface area is 114 Å². The molecule has 0 saturated heterocycles. The maximum atomic E-state index is 11.3. The SMILES string of the molecule is CCC(Cc1ccc2c(c1)C(C)(C)CO2)S(=O)(=O)O. The number of rotatable bonds is 4. The normalized spacial score (nSPS) is 18.7. The zero-order chi connectivity index (χ0) is 14.3. The van der Waals surface area contributed by atoms with E-state index < -0.39 is 15.4 Å². The first-order chi connectivity index (χ1) is 8.74. The van der Waals surface area contributed by atoms with Crippen LogP contribution < -0.4 is 4.74 Å². The molecular weight excluding hydrogens is 264 g/mol. The van der Waals surface area contributed by atoms with Crippen molar-refractivity contribution in [3.05, 3.63) is 29.3 Å². The van der Waals surface area contributed by atoms with Crippen LogP contribution in [0.5, 0.6) is 5.75 Å². The Morgan fingerprint density at radius 2 is 2.11 bits per heavy atom. The summed E-state index contributed by atoms with van der Waals surface area (Å²) in [4.78, 5) is 0. The second-order valence-corrected chi connectivity index (χ2v) is 7.45. The summed E-state index contributed by atoms with van der Waals surface area (Å²) in [6, 6.07) is 5.75. The molecule has 0 aromatic heterocycles. The average Bonchev–Trinajstić information content (AvgIpc) is 2.61. The minimum atomic E-state index is -3.99. The quantitative estimate of drug-likeness (QED) is 0.863. The van der Waals surface area contributed by atoms with Crippen LogP contribution in [0.3, 0.4) is 0 Å². The highest BCUT2D eigenvalue weighted by Gasteiger charge is 2.32. The predicted octanol–water partition coefficient (Wildman–Crippen LogP) is 2.57. The summed E-state index contributed by atoms with van der Waals surface area (Å²) in [6.07, 6.45) is 0.731. The van der Waals surface area contributed by atoms with Gasteiger partial charge in [-0.2, -0.15) is 8.42 Å². The monoisotopic (exact) mass is 284 g/mol. The molecule has 0 bridgehead atoms. The molecule has 1 aromatic rings. The predicted molar refractivity (Wildman–Crippen MR) is 74.3 cm³/mol. The topological polar surface area (TPSA) is 63.6 Å². The summed E-state index contributed by atoms with van der Waals surface area (Å²) < 4.78 is 37.3. The molecule has 0 radical (unpaired) electrons. The maximum Gasteiger partial charge on any atom is 0.268 e. The van der Waals surface area contributed by atoms with Crippen LogP contribution in [0.25, 0.3) is 0 Å². The second-order valence-electron chi connectivity index (χ2n) is 5.75. The standard InChI is InChI=1S/C14H20O4S/c1-4-11(19(15,16)17)7-10-5-6-13-12(8-10)14(2,3)9-18-13/h5-6,8,11H,4,7,9H2,1-3H3,(H,15,16,17). The van der Waals surface area contributed by atoms with Crippen molar-refractivity contribution in [2.24, 2.45) is 0 Å². The van der Waals surface area contributed by atoms with E-state index in [-0.39, 0.29) is 5.41 Å².